The van der Waals surface area contributed by atoms with Crippen molar-refractivity contribution in [2.24, 2.45) is 0 Å². The van der Waals surface area contributed by atoms with Crippen molar-refractivity contribution < 1.29 is 23.5 Å². The lowest BCUT2D eigenvalue weighted by Gasteiger charge is -2.23. The Bertz CT molecular complexity index is 308. The van der Waals surface area contributed by atoms with Crippen LogP contribution >= 0.6 is 0 Å². The third-order valence-electron chi connectivity index (χ3n) is 1.95. The average molecular weight is 259 g/mol. The fourth-order valence-corrected chi connectivity index (χ4v) is 0.883. The fraction of sp³-hybridized carbons (Fsp3) is 0.667. The molecule has 0 aromatic heterocycles. The van der Waals surface area contributed by atoms with E-state index in [2.05, 4.69) is 11.9 Å². The molecule has 0 saturated carbocycles. The lowest BCUT2D eigenvalue weighted by molar-refractivity contribution is -0.870. The van der Waals surface area contributed by atoms with Crippen molar-refractivity contribution in [3.05, 3.63) is 12.2 Å². The largest absolute Gasteiger partial charge is 0.460 e. The van der Waals surface area contributed by atoms with Crippen LogP contribution in [0.1, 0.15) is 6.92 Å². The third kappa shape index (κ3) is 9.65. The molecular weight excluding hydrogens is 236 g/mol. The van der Waals surface area contributed by atoms with E-state index in [9.17, 15) is 9.59 Å². The molecule has 104 valence electrons. The number of quaternary nitrogens is 1. The van der Waals surface area contributed by atoms with Crippen molar-refractivity contribution in [3.8, 4) is 0 Å². The number of likely N-dealkylation sites (N-methyl/N-ethyl adjacent to an activating group) is 1. The number of hydrogen-bond acceptors (Lipinski definition) is 4. The number of nitrogens with zero attached hydrogens (tertiary/aromatic N) is 1. The molecule has 0 radical (unpaired) electrons. The molecule has 1 N–H and O–H groups in total. The normalized spacial score (nSPS) is 10.7. The van der Waals surface area contributed by atoms with Crippen LogP contribution in [0.4, 0.5) is 4.79 Å². The van der Waals surface area contributed by atoms with Crippen LogP contribution in [0.3, 0.4) is 0 Å². The summed E-state index contributed by atoms with van der Waals surface area (Å²) in [6.07, 6.45) is -0.505. The summed E-state index contributed by atoms with van der Waals surface area (Å²) in [6.45, 7) is 6.42. The molecule has 0 aliphatic rings. The molecule has 0 aromatic rings. The Labute approximate surface area is 108 Å². The minimum Gasteiger partial charge on any atom is -0.460 e. The molecule has 0 spiro atoms. The monoisotopic (exact) mass is 259 g/mol. The molecule has 0 atom stereocenters. The molecule has 0 fully saturated rings. The minimum atomic E-state index is -0.505. The van der Waals surface area contributed by atoms with Gasteiger partial charge in [0, 0.05) is 5.57 Å². The number of rotatable bonds is 7. The summed E-state index contributed by atoms with van der Waals surface area (Å²) < 4.78 is 10.5. The maximum atomic E-state index is 11.2. The van der Waals surface area contributed by atoms with Crippen molar-refractivity contribution in [1.82, 2.24) is 5.32 Å². The second-order valence-corrected chi connectivity index (χ2v) is 4.99. The Morgan fingerprint density at radius 1 is 1.17 bits per heavy atom. The topological polar surface area (TPSA) is 64.6 Å². The summed E-state index contributed by atoms with van der Waals surface area (Å²) in [7, 11) is 6.04. The first-order chi connectivity index (χ1) is 8.22. The molecule has 0 aromatic carbocycles. The minimum absolute atomic E-state index is 0.107. The molecule has 6 heteroatoms. The van der Waals surface area contributed by atoms with Gasteiger partial charge in [0.05, 0.1) is 27.7 Å². The number of esters is 1. The second kappa shape index (κ2) is 7.71. The molecule has 0 bridgehead atoms. The predicted octanol–water partition coefficient (Wildman–Crippen LogP) is 0.538. The van der Waals surface area contributed by atoms with Crippen LogP contribution in [0.2, 0.25) is 0 Å². The molecule has 0 aliphatic heterocycles. The van der Waals surface area contributed by atoms with Crippen LogP contribution in [0.25, 0.3) is 0 Å². The quantitative estimate of drug-likeness (QED) is 0.314. The second-order valence-electron chi connectivity index (χ2n) is 4.99. The van der Waals surface area contributed by atoms with E-state index in [1.807, 2.05) is 21.1 Å². The summed E-state index contributed by atoms with van der Waals surface area (Å²) in [5.74, 6) is -0.463. The number of carbonyl (C=O) groups is 2. The zero-order valence-electron chi connectivity index (χ0n) is 11.6. The van der Waals surface area contributed by atoms with Gasteiger partial charge in [0.25, 0.3) is 0 Å². The van der Waals surface area contributed by atoms with Gasteiger partial charge in [0.1, 0.15) is 19.8 Å². The van der Waals surface area contributed by atoms with Gasteiger partial charge in [-0.1, -0.05) is 6.58 Å². The van der Waals surface area contributed by atoms with Gasteiger partial charge >= 0.3 is 12.1 Å². The van der Waals surface area contributed by atoms with Gasteiger partial charge in [-0.15, -0.1) is 0 Å². The number of ether oxygens (including phenoxy) is 2. The molecule has 0 rings (SSSR count). The van der Waals surface area contributed by atoms with Crippen molar-refractivity contribution in [2.75, 3.05) is 47.4 Å². The van der Waals surface area contributed by atoms with E-state index in [4.69, 9.17) is 9.47 Å². The molecule has 0 aliphatic carbocycles. The molecule has 6 nitrogen and oxygen atoms in total. The van der Waals surface area contributed by atoms with Gasteiger partial charge in [-0.05, 0) is 6.92 Å². The number of carbonyl (C=O) groups excluding carboxylic acids is 2. The lowest BCUT2D eigenvalue weighted by atomic mass is 10.4. The van der Waals surface area contributed by atoms with E-state index in [0.29, 0.717) is 12.2 Å². The van der Waals surface area contributed by atoms with Crippen molar-refractivity contribution in [1.29, 1.82) is 0 Å². The van der Waals surface area contributed by atoms with Gasteiger partial charge < -0.3 is 19.3 Å². The highest BCUT2D eigenvalue weighted by Gasteiger charge is 2.09. The van der Waals surface area contributed by atoms with Gasteiger partial charge in [-0.3, -0.25) is 0 Å². The van der Waals surface area contributed by atoms with Crippen LogP contribution in [0.15, 0.2) is 12.2 Å². The first-order valence-electron chi connectivity index (χ1n) is 5.76. The zero-order chi connectivity index (χ0) is 14.2. The first-order valence-corrected chi connectivity index (χ1v) is 5.76. The Morgan fingerprint density at radius 3 is 2.28 bits per heavy atom. The number of alkyl carbamates (subject to hydrolysis) is 1. The molecule has 0 saturated heterocycles. The van der Waals surface area contributed by atoms with E-state index >= 15 is 0 Å². The lowest BCUT2D eigenvalue weighted by Crippen LogP contribution is -2.39. The number of nitrogens with one attached hydrogen (secondary N) is 1. The fourth-order valence-electron chi connectivity index (χ4n) is 0.883. The van der Waals surface area contributed by atoms with Crippen molar-refractivity contribution >= 4 is 12.1 Å². The third-order valence-corrected chi connectivity index (χ3v) is 1.95. The van der Waals surface area contributed by atoms with Crippen LogP contribution in [0.5, 0.6) is 0 Å². The Balaban J connectivity index is 3.54. The van der Waals surface area contributed by atoms with E-state index < -0.39 is 12.1 Å². The first kappa shape index (κ1) is 16.4. The van der Waals surface area contributed by atoms with E-state index in [0.717, 1.165) is 11.0 Å². The Morgan fingerprint density at radius 2 is 1.78 bits per heavy atom. The van der Waals surface area contributed by atoms with Crippen LogP contribution in [0, 0.1) is 0 Å². The number of amides is 1. The molecule has 18 heavy (non-hydrogen) atoms. The summed E-state index contributed by atoms with van der Waals surface area (Å²) in [6, 6.07) is 0. The van der Waals surface area contributed by atoms with Crippen LogP contribution in [-0.2, 0) is 14.3 Å². The average Bonchev–Trinajstić information content (AvgIpc) is 2.22. The number of hydrogen-bond donors (Lipinski definition) is 1. The molecule has 0 heterocycles. The highest BCUT2D eigenvalue weighted by molar-refractivity contribution is 5.86. The molecule has 0 unspecified atom stereocenters. The summed E-state index contributed by atoms with van der Waals surface area (Å²) in [4.78, 5) is 22.2. The standard InChI is InChI=1S/C12H22N2O4/c1-10(2)11(15)17-8-6-13-12(16)18-9-7-14(3,4)5/h1,6-9H2,2-5H3/p+1. The predicted molar refractivity (Wildman–Crippen MR) is 68.0 cm³/mol. The zero-order valence-corrected chi connectivity index (χ0v) is 11.6. The van der Waals surface area contributed by atoms with Gasteiger partial charge in [-0.25, -0.2) is 9.59 Å². The SMILES string of the molecule is C=C(C)C(=O)OCCNC(=O)OCC[N+](C)(C)C. The van der Waals surface area contributed by atoms with Gasteiger partial charge in [0.2, 0.25) is 0 Å². The summed E-state index contributed by atoms with van der Waals surface area (Å²) in [5, 5.41) is 2.49. The smallest absolute Gasteiger partial charge is 0.407 e. The maximum Gasteiger partial charge on any atom is 0.407 e. The highest BCUT2D eigenvalue weighted by atomic mass is 16.6. The molecular formula is C12H23N2O4+. The van der Waals surface area contributed by atoms with E-state index in [1.54, 1.807) is 6.92 Å². The Hall–Kier alpha value is -1.56. The maximum absolute atomic E-state index is 11.2. The van der Waals surface area contributed by atoms with Gasteiger partial charge in [-0.2, -0.15) is 0 Å². The van der Waals surface area contributed by atoms with E-state index in [1.165, 1.54) is 0 Å². The van der Waals surface area contributed by atoms with Crippen molar-refractivity contribution in [2.45, 2.75) is 6.92 Å². The van der Waals surface area contributed by atoms with Crippen LogP contribution < -0.4 is 5.32 Å². The summed E-state index contributed by atoms with van der Waals surface area (Å²) in [5.41, 5.74) is 0.334. The van der Waals surface area contributed by atoms with E-state index in [-0.39, 0.29) is 13.2 Å². The Kier molecular flexibility index (Phi) is 7.04. The highest BCUT2D eigenvalue weighted by Crippen LogP contribution is 1.91. The molecule has 1 amide bonds. The van der Waals surface area contributed by atoms with Crippen LogP contribution in [-0.4, -0.2) is 64.0 Å². The van der Waals surface area contributed by atoms with Gasteiger partial charge in [0.15, 0.2) is 0 Å². The van der Waals surface area contributed by atoms with Crippen molar-refractivity contribution in [3.63, 3.8) is 0 Å². The summed E-state index contributed by atoms with van der Waals surface area (Å²) >= 11 is 0.